The van der Waals surface area contributed by atoms with Crippen molar-refractivity contribution in [2.75, 3.05) is 19.7 Å². The first-order valence-corrected chi connectivity index (χ1v) is 5.95. The van der Waals surface area contributed by atoms with Crippen LogP contribution in [0.2, 0.25) is 0 Å². The molecule has 2 heterocycles. The molecular weight excluding hydrogens is 218 g/mol. The maximum Gasteiger partial charge on any atom is 0.222 e. The molecular formula is C12H19N3O2. The minimum Gasteiger partial charge on any atom is -0.375 e. The number of carbonyl (C=O) groups is 1. The fraction of sp³-hybridized carbons (Fsp3) is 0.583. The first-order valence-electron chi connectivity index (χ1n) is 5.95. The Morgan fingerprint density at radius 2 is 2.59 bits per heavy atom. The Labute approximate surface area is 101 Å². The van der Waals surface area contributed by atoms with Crippen LogP contribution >= 0.6 is 0 Å². The molecule has 1 aromatic heterocycles. The van der Waals surface area contributed by atoms with Crippen LogP contribution in [0.5, 0.6) is 0 Å². The molecule has 5 heteroatoms. The van der Waals surface area contributed by atoms with E-state index in [0.29, 0.717) is 19.6 Å². The van der Waals surface area contributed by atoms with E-state index in [9.17, 15) is 4.79 Å². The second-order valence-corrected chi connectivity index (χ2v) is 4.29. The Hall–Kier alpha value is -1.33. The van der Waals surface area contributed by atoms with Crippen molar-refractivity contribution in [3.8, 4) is 0 Å². The highest BCUT2D eigenvalue weighted by Gasteiger charge is 2.17. The van der Waals surface area contributed by atoms with Gasteiger partial charge in [-0.1, -0.05) is 0 Å². The lowest BCUT2D eigenvalue weighted by Gasteiger charge is -2.23. The Kier molecular flexibility index (Phi) is 4.17. The van der Waals surface area contributed by atoms with Crippen molar-refractivity contribution in [3.05, 3.63) is 24.0 Å². The molecule has 1 aromatic rings. The van der Waals surface area contributed by atoms with Gasteiger partial charge in [0.25, 0.3) is 0 Å². The number of hydrogen-bond acceptors (Lipinski definition) is 3. The summed E-state index contributed by atoms with van der Waals surface area (Å²) in [7, 11) is 1.97. The van der Waals surface area contributed by atoms with E-state index in [4.69, 9.17) is 4.74 Å². The van der Waals surface area contributed by atoms with E-state index >= 15 is 0 Å². The van der Waals surface area contributed by atoms with Gasteiger partial charge < -0.3 is 19.9 Å². The largest absolute Gasteiger partial charge is 0.375 e. The number of aromatic nitrogens is 1. The smallest absolute Gasteiger partial charge is 0.222 e. The summed E-state index contributed by atoms with van der Waals surface area (Å²) in [5.41, 5.74) is 1.10. The average molecular weight is 237 g/mol. The first kappa shape index (κ1) is 12.1. The Balaban J connectivity index is 1.72. The quantitative estimate of drug-likeness (QED) is 0.776. The van der Waals surface area contributed by atoms with E-state index in [-0.39, 0.29) is 12.0 Å². The third-order valence-electron chi connectivity index (χ3n) is 2.94. The van der Waals surface area contributed by atoms with Gasteiger partial charge in [0.2, 0.25) is 5.91 Å². The molecule has 0 saturated carbocycles. The number of morpholine rings is 1. The fourth-order valence-corrected chi connectivity index (χ4v) is 1.90. The van der Waals surface area contributed by atoms with Gasteiger partial charge in [0.05, 0.1) is 25.7 Å². The van der Waals surface area contributed by atoms with Crippen LogP contribution in [-0.4, -0.2) is 36.3 Å². The molecule has 0 bridgehead atoms. The lowest BCUT2D eigenvalue weighted by atomic mass is 10.2. The van der Waals surface area contributed by atoms with Crippen molar-refractivity contribution < 1.29 is 9.53 Å². The summed E-state index contributed by atoms with van der Waals surface area (Å²) in [5.74, 6) is 0.0416. The predicted molar refractivity (Wildman–Crippen MR) is 64.5 cm³/mol. The molecule has 1 unspecified atom stereocenters. The lowest BCUT2D eigenvalue weighted by Crippen LogP contribution is -2.41. The molecule has 1 fully saturated rings. The molecule has 2 N–H and O–H groups in total. The van der Waals surface area contributed by atoms with Gasteiger partial charge in [0.1, 0.15) is 0 Å². The standard InChI is InChI=1S/C12H19N3O2/c1-15-5-2-3-10(15)8-14-12(16)7-11-9-13-4-6-17-11/h2-3,5,11,13H,4,6-9H2,1H3,(H,14,16). The molecule has 1 saturated heterocycles. The number of carbonyl (C=O) groups excluding carboxylic acids is 1. The monoisotopic (exact) mass is 237 g/mol. The van der Waals surface area contributed by atoms with Gasteiger partial charge in [-0.3, -0.25) is 4.79 Å². The number of rotatable bonds is 4. The fourth-order valence-electron chi connectivity index (χ4n) is 1.90. The Morgan fingerprint density at radius 3 is 3.24 bits per heavy atom. The Bertz CT molecular complexity index is 370. The summed E-state index contributed by atoms with van der Waals surface area (Å²) < 4.78 is 7.48. The van der Waals surface area contributed by atoms with Crippen molar-refractivity contribution in [1.82, 2.24) is 15.2 Å². The van der Waals surface area contributed by atoms with E-state index in [1.165, 1.54) is 0 Å². The Morgan fingerprint density at radius 1 is 1.71 bits per heavy atom. The summed E-state index contributed by atoms with van der Waals surface area (Å²) >= 11 is 0. The molecule has 0 aromatic carbocycles. The van der Waals surface area contributed by atoms with Crippen molar-refractivity contribution >= 4 is 5.91 Å². The predicted octanol–water partition coefficient (Wildman–Crippen LogP) is 0.0198. The number of ether oxygens (including phenoxy) is 1. The van der Waals surface area contributed by atoms with Crippen LogP contribution in [-0.2, 0) is 23.1 Å². The second-order valence-electron chi connectivity index (χ2n) is 4.29. The summed E-state index contributed by atoms with van der Waals surface area (Å²) in [4.78, 5) is 11.7. The molecule has 1 aliphatic heterocycles. The van der Waals surface area contributed by atoms with Gasteiger partial charge in [0, 0.05) is 32.0 Å². The van der Waals surface area contributed by atoms with Crippen molar-refractivity contribution in [3.63, 3.8) is 0 Å². The second kappa shape index (κ2) is 5.84. The zero-order chi connectivity index (χ0) is 12.1. The molecule has 1 aliphatic rings. The lowest BCUT2D eigenvalue weighted by molar-refractivity contribution is -0.124. The van der Waals surface area contributed by atoms with Gasteiger partial charge in [-0.05, 0) is 12.1 Å². The summed E-state index contributed by atoms with van der Waals surface area (Å²) in [5, 5.41) is 6.12. The topological polar surface area (TPSA) is 55.3 Å². The minimum absolute atomic E-state index is 0.0113. The maximum atomic E-state index is 11.7. The van der Waals surface area contributed by atoms with E-state index < -0.39 is 0 Å². The number of hydrogen-bond donors (Lipinski definition) is 2. The minimum atomic E-state index is 0.0113. The van der Waals surface area contributed by atoms with Crippen LogP contribution in [0.4, 0.5) is 0 Å². The van der Waals surface area contributed by atoms with Crippen molar-refractivity contribution in [2.45, 2.75) is 19.1 Å². The molecule has 5 nitrogen and oxygen atoms in total. The van der Waals surface area contributed by atoms with Crippen LogP contribution in [0, 0.1) is 0 Å². The highest BCUT2D eigenvalue weighted by atomic mass is 16.5. The molecule has 0 aliphatic carbocycles. The molecule has 1 amide bonds. The average Bonchev–Trinajstić information content (AvgIpc) is 2.74. The van der Waals surface area contributed by atoms with Crippen LogP contribution in [0.3, 0.4) is 0 Å². The number of aryl methyl sites for hydroxylation is 1. The molecule has 0 radical (unpaired) electrons. The van der Waals surface area contributed by atoms with Crippen molar-refractivity contribution in [2.24, 2.45) is 7.05 Å². The molecule has 94 valence electrons. The highest BCUT2D eigenvalue weighted by Crippen LogP contribution is 2.02. The van der Waals surface area contributed by atoms with E-state index in [1.807, 2.05) is 29.9 Å². The number of nitrogens with one attached hydrogen (secondary N) is 2. The van der Waals surface area contributed by atoms with Gasteiger partial charge in [-0.15, -0.1) is 0 Å². The summed E-state index contributed by atoms with van der Waals surface area (Å²) in [6, 6.07) is 3.97. The molecule has 1 atom stereocenters. The van der Waals surface area contributed by atoms with Gasteiger partial charge in [0.15, 0.2) is 0 Å². The summed E-state index contributed by atoms with van der Waals surface area (Å²) in [6.45, 7) is 2.90. The third-order valence-corrected chi connectivity index (χ3v) is 2.94. The van der Waals surface area contributed by atoms with Gasteiger partial charge in [-0.2, -0.15) is 0 Å². The van der Waals surface area contributed by atoms with Crippen LogP contribution in [0.25, 0.3) is 0 Å². The molecule has 0 spiro atoms. The molecule has 2 rings (SSSR count). The maximum absolute atomic E-state index is 11.7. The highest BCUT2D eigenvalue weighted by molar-refractivity contribution is 5.76. The van der Waals surface area contributed by atoms with E-state index in [1.54, 1.807) is 0 Å². The zero-order valence-corrected chi connectivity index (χ0v) is 10.1. The van der Waals surface area contributed by atoms with E-state index in [0.717, 1.165) is 18.8 Å². The third kappa shape index (κ3) is 3.57. The SMILES string of the molecule is Cn1cccc1CNC(=O)CC1CNCCO1. The van der Waals surface area contributed by atoms with Crippen LogP contribution in [0.15, 0.2) is 18.3 Å². The number of amides is 1. The van der Waals surface area contributed by atoms with Gasteiger partial charge in [-0.25, -0.2) is 0 Å². The zero-order valence-electron chi connectivity index (χ0n) is 10.1. The molecule has 17 heavy (non-hydrogen) atoms. The normalized spacial score (nSPS) is 20.2. The van der Waals surface area contributed by atoms with Crippen LogP contribution < -0.4 is 10.6 Å². The van der Waals surface area contributed by atoms with E-state index in [2.05, 4.69) is 10.6 Å². The van der Waals surface area contributed by atoms with Gasteiger partial charge >= 0.3 is 0 Å². The number of nitrogens with zero attached hydrogens (tertiary/aromatic N) is 1. The van der Waals surface area contributed by atoms with Crippen molar-refractivity contribution in [1.29, 1.82) is 0 Å². The first-order chi connectivity index (χ1) is 8.25. The summed E-state index contributed by atoms with van der Waals surface area (Å²) in [6.07, 6.45) is 2.41. The van der Waals surface area contributed by atoms with Crippen LogP contribution in [0.1, 0.15) is 12.1 Å².